The summed E-state index contributed by atoms with van der Waals surface area (Å²) in [5, 5.41) is 2.98. The second kappa shape index (κ2) is 10.3. The van der Waals surface area contributed by atoms with Gasteiger partial charge in [-0.2, -0.15) is 0 Å². The molecule has 1 atom stereocenters. The van der Waals surface area contributed by atoms with Crippen LogP contribution in [0.3, 0.4) is 0 Å². The normalized spacial score (nSPS) is 12.2. The molecule has 148 valence electrons. The predicted octanol–water partition coefficient (Wildman–Crippen LogP) is 4.24. The molecule has 2 aromatic carbocycles. The van der Waals surface area contributed by atoms with Crippen LogP contribution in [0.2, 0.25) is 0 Å². The number of nitrogens with one attached hydrogen (secondary N) is 1. The van der Waals surface area contributed by atoms with E-state index in [0.717, 1.165) is 16.9 Å². The average Bonchev–Trinajstić information content (AvgIpc) is 2.65. The molecule has 0 aliphatic heterocycles. The highest BCUT2D eigenvalue weighted by Gasteiger charge is 2.29. The lowest BCUT2D eigenvalue weighted by Crippen LogP contribution is -2.42. The molecule has 0 saturated carbocycles. The first-order valence-electron chi connectivity index (χ1n) is 9.13. The number of carbonyl (C=O) groups is 1. The van der Waals surface area contributed by atoms with Crippen molar-refractivity contribution < 1.29 is 9.53 Å². The number of benzene rings is 2. The van der Waals surface area contributed by atoms with Crippen LogP contribution < -0.4 is 15.8 Å². The van der Waals surface area contributed by atoms with E-state index in [-0.39, 0.29) is 24.4 Å². The molecule has 5 heteroatoms. The summed E-state index contributed by atoms with van der Waals surface area (Å²) in [6.07, 6.45) is 0. The van der Waals surface area contributed by atoms with Crippen LogP contribution in [0.1, 0.15) is 44.9 Å². The minimum absolute atomic E-state index is 0. The van der Waals surface area contributed by atoms with Crippen molar-refractivity contribution in [1.29, 1.82) is 0 Å². The van der Waals surface area contributed by atoms with Crippen molar-refractivity contribution in [1.82, 2.24) is 5.32 Å². The maximum atomic E-state index is 12.7. The molecule has 4 nitrogen and oxygen atoms in total. The van der Waals surface area contributed by atoms with Gasteiger partial charge in [-0.1, -0.05) is 56.3 Å². The van der Waals surface area contributed by atoms with Crippen molar-refractivity contribution in [3.05, 3.63) is 65.7 Å². The molecule has 1 amide bonds. The lowest BCUT2D eigenvalue weighted by atomic mass is 9.83. The van der Waals surface area contributed by atoms with Gasteiger partial charge in [0.1, 0.15) is 5.75 Å². The number of carbonyl (C=O) groups excluding carboxylic acids is 1. The molecule has 0 heterocycles. The molecule has 0 aromatic heterocycles. The molecule has 2 aromatic rings. The van der Waals surface area contributed by atoms with Gasteiger partial charge in [0.25, 0.3) is 0 Å². The maximum Gasteiger partial charge on any atom is 0.230 e. The summed E-state index contributed by atoms with van der Waals surface area (Å²) in [7, 11) is 0. The highest BCUT2D eigenvalue weighted by atomic mass is 35.5. The van der Waals surface area contributed by atoms with Gasteiger partial charge in [-0.05, 0) is 43.0 Å². The third-order valence-electron chi connectivity index (χ3n) is 4.44. The van der Waals surface area contributed by atoms with E-state index in [1.54, 1.807) is 0 Å². The zero-order chi connectivity index (χ0) is 19.2. The topological polar surface area (TPSA) is 64.3 Å². The first kappa shape index (κ1) is 23.0. The lowest BCUT2D eigenvalue weighted by molar-refractivity contribution is -0.125. The van der Waals surface area contributed by atoms with Gasteiger partial charge < -0.3 is 15.8 Å². The van der Waals surface area contributed by atoms with E-state index in [4.69, 9.17) is 10.5 Å². The van der Waals surface area contributed by atoms with Gasteiger partial charge in [-0.15, -0.1) is 12.4 Å². The molecule has 0 aliphatic rings. The van der Waals surface area contributed by atoms with Gasteiger partial charge in [-0.25, -0.2) is 0 Å². The largest absolute Gasteiger partial charge is 0.493 e. The smallest absolute Gasteiger partial charge is 0.230 e. The summed E-state index contributed by atoms with van der Waals surface area (Å²) in [5.74, 6) is 1.26. The molecule has 0 spiro atoms. The van der Waals surface area contributed by atoms with E-state index in [1.165, 1.54) is 0 Å². The molecule has 0 aliphatic carbocycles. The van der Waals surface area contributed by atoms with Gasteiger partial charge in [0.15, 0.2) is 0 Å². The number of rotatable bonds is 8. The van der Waals surface area contributed by atoms with Crippen molar-refractivity contribution in [2.24, 2.45) is 11.7 Å². The minimum Gasteiger partial charge on any atom is -0.493 e. The highest BCUT2D eigenvalue weighted by Crippen LogP contribution is 2.26. The van der Waals surface area contributed by atoms with Crippen LogP contribution in [0.15, 0.2) is 54.6 Å². The SMILES string of the molecule is CC(C)COc1ccc(C(C)(C)C(=O)NCC(N)c2ccccc2)cc1.Cl. The summed E-state index contributed by atoms with van der Waals surface area (Å²) >= 11 is 0. The molecule has 1 unspecified atom stereocenters. The van der Waals surface area contributed by atoms with Crippen molar-refractivity contribution in [3.8, 4) is 5.75 Å². The molecule has 0 saturated heterocycles. The van der Waals surface area contributed by atoms with Gasteiger partial charge in [0.05, 0.1) is 12.0 Å². The standard InChI is InChI=1S/C22H30N2O2.ClH/c1-16(2)15-26-19-12-10-18(11-13-19)22(3,4)21(25)24-14-20(23)17-8-6-5-7-9-17;/h5-13,16,20H,14-15,23H2,1-4H3,(H,24,25);1H. The second-order valence-corrected chi connectivity index (χ2v) is 7.58. The average molecular weight is 391 g/mol. The quantitative estimate of drug-likeness (QED) is 0.708. The van der Waals surface area contributed by atoms with Crippen LogP contribution in [0, 0.1) is 5.92 Å². The zero-order valence-corrected chi connectivity index (χ0v) is 17.4. The molecule has 0 bridgehead atoms. The van der Waals surface area contributed by atoms with Crippen LogP contribution in [0.25, 0.3) is 0 Å². The molecule has 0 radical (unpaired) electrons. The third-order valence-corrected chi connectivity index (χ3v) is 4.44. The first-order valence-corrected chi connectivity index (χ1v) is 9.13. The summed E-state index contributed by atoms with van der Waals surface area (Å²) in [5.41, 5.74) is 7.48. The summed E-state index contributed by atoms with van der Waals surface area (Å²) in [4.78, 5) is 12.7. The van der Waals surface area contributed by atoms with Crippen molar-refractivity contribution in [2.45, 2.75) is 39.2 Å². The van der Waals surface area contributed by atoms with Crippen LogP contribution in [0.4, 0.5) is 0 Å². The monoisotopic (exact) mass is 390 g/mol. The predicted molar refractivity (Wildman–Crippen MR) is 113 cm³/mol. The lowest BCUT2D eigenvalue weighted by Gasteiger charge is -2.25. The van der Waals surface area contributed by atoms with Gasteiger partial charge in [-0.3, -0.25) is 4.79 Å². The van der Waals surface area contributed by atoms with E-state index in [1.807, 2.05) is 68.4 Å². The Bertz CT molecular complexity index is 700. The maximum absolute atomic E-state index is 12.7. The van der Waals surface area contributed by atoms with Crippen LogP contribution in [0.5, 0.6) is 5.75 Å². The van der Waals surface area contributed by atoms with E-state index in [2.05, 4.69) is 19.2 Å². The molecule has 3 N–H and O–H groups in total. The Hall–Kier alpha value is -2.04. The molecular formula is C22H31ClN2O2. The van der Waals surface area contributed by atoms with Crippen LogP contribution >= 0.6 is 12.4 Å². The number of amides is 1. The Kier molecular flexibility index (Phi) is 8.80. The van der Waals surface area contributed by atoms with Crippen molar-refractivity contribution in [3.63, 3.8) is 0 Å². The number of hydrogen-bond acceptors (Lipinski definition) is 3. The Morgan fingerprint density at radius 3 is 2.22 bits per heavy atom. The number of nitrogens with two attached hydrogens (primary N) is 1. The van der Waals surface area contributed by atoms with Crippen LogP contribution in [-0.2, 0) is 10.2 Å². The first-order chi connectivity index (χ1) is 12.3. The van der Waals surface area contributed by atoms with Crippen LogP contribution in [-0.4, -0.2) is 19.1 Å². The summed E-state index contributed by atoms with van der Waals surface area (Å²) in [6, 6.07) is 17.3. The Balaban J connectivity index is 0.00000364. The number of hydrogen-bond donors (Lipinski definition) is 2. The second-order valence-electron chi connectivity index (χ2n) is 7.58. The number of halogens is 1. The van der Waals surface area contributed by atoms with E-state index in [9.17, 15) is 4.79 Å². The fourth-order valence-corrected chi connectivity index (χ4v) is 2.60. The zero-order valence-electron chi connectivity index (χ0n) is 16.6. The van der Waals surface area contributed by atoms with E-state index < -0.39 is 5.41 Å². The van der Waals surface area contributed by atoms with Gasteiger partial charge >= 0.3 is 0 Å². The van der Waals surface area contributed by atoms with Gasteiger partial charge in [0.2, 0.25) is 5.91 Å². The third kappa shape index (κ3) is 6.56. The Morgan fingerprint density at radius 1 is 1.07 bits per heavy atom. The Labute approximate surface area is 168 Å². The fraction of sp³-hybridized carbons (Fsp3) is 0.409. The molecule has 2 rings (SSSR count). The van der Waals surface area contributed by atoms with Crippen molar-refractivity contribution in [2.75, 3.05) is 13.2 Å². The summed E-state index contributed by atoms with van der Waals surface area (Å²) < 4.78 is 5.71. The highest BCUT2D eigenvalue weighted by molar-refractivity contribution is 5.87. The molecule has 27 heavy (non-hydrogen) atoms. The fourth-order valence-electron chi connectivity index (χ4n) is 2.60. The number of ether oxygens (including phenoxy) is 1. The van der Waals surface area contributed by atoms with Crippen molar-refractivity contribution >= 4 is 18.3 Å². The van der Waals surface area contributed by atoms with Gasteiger partial charge in [0, 0.05) is 12.6 Å². The van der Waals surface area contributed by atoms with E-state index >= 15 is 0 Å². The molecule has 0 fully saturated rings. The Morgan fingerprint density at radius 2 is 1.67 bits per heavy atom. The minimum atomic E-state index is -0.646. The van der Waals surface area contributed by atoms with E-state index in [0.29, 0.717) is 19.1 Å². The summed E-state index contributed by atoms with van der Waals surface area (Å²) in [6.45, 7) is 9.15. The molecular weight excluding hydrogens is 360 g/mol.